The summed E-state index contributed by atoms with van der Waals surface area (Å²) in [5.74, 6) is -0.566. The molecule has 2 rings (SSSR count). The molecule has 0 saturated carbocycles. The van der Waals surface area contributed by atoms with Crippen molar-refractivity contribution in [3.8, 4) is 0 Å². The average molecular weight is 318 g/mol. The predicted octanol–water partition coefficient (Wildman–Crippen LogP) is 2.69. The van der Waals surface area contributed by atoms with Crippen LogP contribution in [0.5, 0.6) is 0 Å². The number of benzene rings is 1. The van der Waals surface area contributed by atoms with Gasteiger partial charge in [0.25, 0.3) is 0 Å². The topological polar surface area (TPSA) is 71.3 Å². The number of rotatable bonds is 5. The van der Waals surface area contributed by atoms with Crippen molar-refractivity contribution < 1.29 is 14.0 Å². The van der Waals surface area contributed by atoms with E-state index in [-0.39, 0.29) is 6.04 Å². The number of carbonyl (C=O) groups excluding carboxylic acids is 2. The van der Waals surface area contributed by atoms with Gasteiger partial charge in [-0.2, -0.15) is 0 Å². The molecule has 0 aliphatic heterocycles. The number of furan rings is 1. The molecule has 0 aliphatic rings. The molecule has 5 nitrogen and oxygen atoms in total. The van der Waals surface area contributed by atoms with Gasteiger partial charge in [0.1, 0.15) is 5.76 Å². The van der Waals surface area contributed by atoms with Crippen LogP contribution in [0.15, 0.2) is 52.0 Å². The second-order valence-corrected chi connectivity index (χ2v) is 5.66. The van der Waals surface area contributed by atoms with Crippen LogP contribution in [0.25, 0.3) is 0 Å². The molecule has 0 spiro atoms. The molecule has 1 atom stereocenters. The number of para-hydroxylation sites is 1. The van der Waals surface area contributed by atoms with Crippen LogP contribution in [0.4, 0.5) is 5.69 Å². The van der Waals surface area contributed by atoms with Crippen LogP contribution >= 0.6 is 11.8 Å². The van der Waals surface area contributed by atoms with Crippen LogP contribution in [0.3, 0.4) is 0 Å². The molecule has 0 radical (unpaired) electrons. The molecular weight excluding hydrogens is 300 g/mol. The van der Waals surface area contributed by atoms with Gasteiger partial charge in [-0.25, -0.2) is 0 Å². The highest BCUT2D eigenvalue weighted by Crippen LogP contribution is 2.24. The zero-order valence-electron chi connectivity index (χ0n) is 12.5. The van der Waals surface area contributed by atoms with Gasteiger partial charge in [-0.05, 0) is 37.4 Å². The third kappa shape index (κ3) is 4.39. The summed E-state index contributed by atoms with van der Waals surface area (Å²) >= 11 is 1.51. The highest BCUT2D eigenvalue weighted by atomic mass is 32.2. The first-order valence-electron chi connectivity index (χ1n) is 6.87. The molecule has 1 heterocycles. The monoisotopic (exact) mass is 318 g/mol. The Morgan fingerprint density at radius 3 is 2.64 bits per heavy atom. The van der Waals surface area contributed by atoms with Crippen molar-refractivity contribution in [3.05, 3.63) is 48.4 Å². The number of carbonyl (C=O) groups is 2. The van der Waals surface area contributed by atoms with Crippen LogP contribution in [-0.2, 0) is 16.0 Å². The minimum Gasteiger partial charge on any atom is -0.469 e. The van der Waals surface area contributed by atoms with E-state index >= 15 is 0 Å². The largest absolute Gasteiger partial charge is 0.469 e. The SMILES string of the molecule is CSc1ccccc1NC(=O)C(=O)NC(C)Cc1ccco1. The summed E-state index contributed by atoms with van der Waals surface area (Å²) in [5, 5.41) is 5.29. The first kappa shape index (κ1) is 16.2. The summed E-state index contributed by atoms with van der Waals surface area (Å²) < 4.78 is 5.22. The quantitative estimate of drug-likeness (QED) is 0.657. The summed E-state index contributed by atoms with van der Waals surface area (Å²) in [6, 6.07) is 10.8. The van der Waals surface area contributed by atoms with E-state index in [1.54, 1.807) is 18.4 Å². The van der Waals surface area contributed by atoms with Gasteiger partial charge < -0.3 is 15.1 Å². The van der Waals surface area contributed by atoms with Crippen molar-refractivity contribution in [1.29, 1.82) is 0 Å². The fourth-order valence-electron chi connectivity index (χ4n) is 2.00. The van der Waals surface area contributed by atoms with Crippen LogP contribution in [0.2, 0.25) is 0 Å². The van der Waals surface area contributed by atoms with Crippen LogP contribution in [-0.4, -0.2) is 24.1 Å². The maximum Gasteiger partial charge on any atom is 0.313 e. The van der Waals surface area contributed by atoms with Crippen LogP contribution in [0.1, 0.15) is 12.7 Å². The molecule has 0 saturated heterocycles. The Hall–Kier alpha value is -2.21. The van der Waals surface area contributed by atoms with Crippen molar-refractivity contribution in [1.82, 2.24) is 5.32 Å². The van der Waals surface area contributed by atoms with E-state index in [2.05, 4.69) is 10.6 Å². The fraction of sp³-hybridized carbons (Fsp3) is 0.250. The highest BCUT2D eigenvalue weighted by molar-refractivity contribution is 7.98. The lowest BCUT2D eigenvalue weighted by Crippen LogP contribution is -2.41. The molecule has 0 fully saturated rings. The number of hydrogen-bond donors (Lipinski definition) is 2. The molecule has 2 amide bonds. The molecule has 116 valence electrons. The van der Waals surface area contributed by atoms with E-state index in [0.717, 1.165) is 10.7 Å². The normalized spacial score (nSPS) is 11.7. The maximum atomic E-state index is 12.0. The zero-order chi connectivity index (χ0) is 15.9. The molecule has 0 bridgehead atoms. The van der Waals surface area contributed by atoms with E-state index in [1.165, 1.54) is 11.8 Å². The maximum absolute atomic E-state index is 12.0. The molecule has 1 aromatic carbocycles. The molecule has 2 aromatic rings. The van der Waals surface area contributed by atoms with Gasteiger partial charge in [-0.15, -0.1) is 11.8 Å². The number of hydrogen-bond acceptors (Lipinski definition) is 4. The first-order chi connectivity index (χ1) is 10.6. The highest BCUT2D eigenvalue weighted by Gasteiger charge is 2.18. The van der Waals surface area contributed by atoms with Crippen molar-refractivity contribution in [3.63, 3.8) is 0 Å². The van der Waals surface area contributed by atoms with Gasteiger partial charge in [0.15, 0.2) is 0 Å². The lowest BCUT2D eigenvalue weighted by atomic mass is 10.2. The Balaban J connectivity index is 1.90. The summed E-state index contributed by atoms with van der Waals surface area (Å²) in [7, 11) is 0. The van der Waals surface area contributed by atoms with Crippen molar-refractivity contribution in [2.24, 2.45) is 0 Å². The average Bonchev–Trinajstić information content (AvgIpc) is 3.00. The second kappa shape index (κ2) is 7.70. The third-order valence-electron chi connectivity index (χ3n) is 3.03. The molecule has 0 aliphatic carbocycles. The van der Waals surface area contributed by atoms with Gasteiger partial charge in [0, 0.05) is 17.4 Å². The first-order valence-corrected chi connectivity index (χ1v) is 8.10. The van der Waals surface area contributed by atoms with Gasteiger partial charge in [-0.1, -0.05) is 12.1 Å². The Kier molecular flexibility index (Phi) is 5.66. The van der Waals surface area contributed by atoms with E-state index in [9.17, 15) is 9.59 Å². The summed E-state index contributed by atoms with van der Waals surface area (Å²) in [6.45, 7) is 1.82. The number of nitrogens with one attached hydrogen (secondary N) is 2. The van der Waals surface area contributed by atoms with Crippen molar-refractivity contribution in [2.45, 2.75) is 24.3 Å². The Morgan fingerprint density at radius 2 is 1.95 bits per heavy atom. The van der Waals surface area contributed by atoms with Gasteiger partial charge in [0.05, 0.1) is 12.0 Å². The molecular formula is C16H18N2O3S. The minimum absolute atomic E-state index is 0.194. The van der Waals surface area contributed by atoms with Gasteiger partial charge >= 0.3 is 11.8 Å². The van der Waals surface area contributed by atoms with Gasteiger partial charge in [0.2, 0.25) is 0 Å². The molecule has 1 unspecified atom stereocenters. The van der Waals surface area contributed by atoms with E-state index in [1.807, 2.05) is 37.4 Å². The summed E-state index contributed by atoms with van der Waals surface area (Å²) in [6.07, 6.45) is 4.03. The smallest absolute Gasteiger partial charge is 0.313 e. The van der Waals surface area contributed by atoms with Gasteiger partial charge in [-0.3, -0.25) is 9.59 Å². The lowest BCUT2D eigenvalue weighted by Gasteiger charge is -2.13. The van der Waals surface area contributed by atoms with E-state index < -0.39 is 11.8 Å². The molecule has 22 heavy (non-hydrogen) atoms. The summed E-state index contributed by atoms with van der Waals surface area (Å²) in [5.41, 5.74) is 0.633. The predicted molar refractivity (Wildman–Crippen MR) is 86.9 cm³/mol. The van der Waals surface area contributed by atoms with Crippen LogP contribution < -0.4 is 10.6 Å². The second-order valence-electron chi connectivity index (χ2n) is 4.81. The standard InChI is InChI=1S/C16H18N2O3S/c1-11(10-12-6-5-9-21-12)17-15(19)16(20)18-13-7-3-4-8-14(13)22-2/h3-9,11H,10H2,1-2H3,(H,17,19)(H,18,20). The number of anilines is 1. The fourth-order valence-corrected chi connectivity index (χ4v) is 2.55. The number of thioether (sulfide) groups is 1. The summed E-state index contributed by atoms with van der Waals surface area (Å²) in [4.78, 5) is 24.8. The molecule has 2 N–H and O–H groups in total. The van der Waals surface area contributed by atoms with Crippen molar-refractivity contribution in [2.75, 3.05) is 11.6 Å². The molecule has 1 aromatic heterocycles. The Labute approximate surface area is 133 Å². The zero-order valence-corrected chi connectivity index (χ0v) is 13.3. The van der Waals surface area contributed by atoms with Crippen molar-refractivity contribution >= 4 is 29.3 Å². The minimum atomic E-state index is -0.673. The van der Waals surface area contributed by atoms with Crippen LogP contribution in [0, 0.1) is 0 Å². The Morgan fingerprint density at radius 1 is 1.18 bits per heavy atom. The lowest BCUT2D eigenvalue weighted by molar-refractivity contribution is -0.136. The van der Waals surface area contributed by atoms with E-state index in [0.29, 0.717) is 12.1 Å². The Bertz CT molecular complexity index is 641. The molecule has 6 heteroatoms. The number of amides is 2. The third-order valence-corrected chi connectivity index (χ3v) is 3.82. The van der Waals surface area contributed by atoms with E-state index in [4.69, 9.17) is 4.42 Å².